The van der Waals surface area contributed by atoms with Crippen molar-refractivity contribution < 1.29 is 5.21 Å². The van der Waals surface area contributed by atoms with Gasteiger partial charge >= 0.3 is 0 Å². The molecule has 4 nitrogen and oxygen atoms in total. The molecule has 0 saturated carbocycles. The number of aryl methyl sites for hydroxylation is 2. The van der Waals surface area contributed by atoms with Crippen molar-refractivity contribution in [2.45, 2.75) is 40.2 Å². The van der Waals surface area contributed by atoms with Crippen LogP contribution in [0.25, 0.3) is 0 Å². The number of amidine groups is 1. The summed E-state index contributed by atoms with van der Waals surface area (Å²) in [5.74, 6) is 0.365. The SMILES string of the molecule is Cc1ccc(C)c(CN2CCC(C)(/C(N)=N/O)CC2)c1. The van der Waals surface area contributed by atoms with Crippen LogP contribution >= 0.6 is 0 Å². The molecule has 0 spiro atoms. The smallest absolute Gasteiger partial charge is 0.145 e. The van der Waals surface area contributed by atoms with E-state index in [4.69, 9.17) is 10.9 Å². The number of hydrogen-bond donors (Lipinski definition) is 2. The molecule has 1 heterocycles. The predicted molar refractivity (Wildman–Crippen MR) is 81.9 cm³/mol. The summed E-state index contributed by atoms with van der Waals surface area (Å²) in [4.78, 5) is 2.45. The molecule has 1 saturated heterocycles. The van der Waals surface area contributed by atoms with Crippen LogP contribution in [0.3, 0.4) is 0 Å². The predicted octanol–water partition coefficient (Wildman–Crippen LogP) is 2.65. The lowest BCUT2D eigenvalue weighted by Gasteiger charge is -2.38. The Bertz CT molecular complexity index is 502. The van der Waals surface area contributed by atoms with Gasteiger partial charge in [-0.3, -0.25) is 4.90 Å². The zero-order valence-corrected chi connectivity index (χ0v) is 12.7. The summed E-state index contributed by atoms with van der Waals surface area (Å²) in [6.45, 7) is 9.34. The fourth-order valence-corrected chi connectivity index (χ4v) is 2.79. The Balaban J connectivity index is 2.00. The molecule has 0 radical (unpaired) electrons. The Labute approximate surface area is 121 Å². The third-order valence-electron chi connectivity index (χ3n) is 4.58. The third kappa shape index (κ3) is 3.12. The number of piperidine rings is 1. The van der Waals surface area contributed by atoms with Gasteiger partial charge in [-0.15, -0.1) is 0 Å². The monoisotopic (exact) mass is 275 g/mol. The van der Waals surface area contributed by atoms with E-state index in [0.717, 1.165) is 32.5 Å². The molecule has 1 aromatic rings. The highest BCUT2D eigenvalue weighted by molar-refractivity contribution is 5.85. The average Bonchev–Trinajstić information content (AvgIpc) is 2.44. The van der Waals surface area contributed by atoms with E-state index in [2.05, 4.69) is 49.0 Å². The molecule has 110 valence electrons. The first-order valence-electron chi connectivity index (χ1n) is 7.21. The fraction of sp³-hybridized carbons (Fsp3) is 0.562. The van der Waals surface area contributed by atoms with E-state index in [-0.39, 0.29) is 5.41 Å². The lowest BCUT2D eigenvalue weighted by molar-refractivity contribution is 0.152. The van der Waals surface area contributed by atoms with Crippen LogP contribution in [0, 0.1) is 19.3 Å². The lowest BCUT2D eigenvalue weighted by atomic mass is 9.79. The first-order chi connectivity index (χ1) is 9.44. The summed E-state index contributed by atoms with van der Waals surface area (Å²) >= 11 is 0. The van der Waals surface area contributed by atoms with Crippen molar-refractivity contribution >= 4 is 5.84 Å². The Kier molecular flexibility index (Phi) is 4.33. The largest absolute Gasteiger partial charge is 0.409 e. The summed E-state index contributed by atoms with van der Waals surface area (Å²) in [7, 11) is 0. The van der Waals surface area contributed by atoms with Crippen molar-refractivity contribution in [1.82, 2.24) is 4.90 Å². The second-order valence-electron chi connectivity index (χ2n) is 6.25. The Hall–Kier alpha value is -1.55. The van der Waals surface area contributed by atoms with Gasteiger partial charge in [-0.1, -0.05) is 35.8 Å². The first kappa shape index (κ1) is 14.9. The van der Waals surface area contributed by atoms with Gasteiger partial charge in [-0.05, 0) is 50.9 Å². The number of nitrogens with zero attached hydrogens (tertiary/aromatic N) is 2. The van der Waals surface area contributed by atoms with Gasteiger partial charge in [-0.2, -0.15) is 0 Å². The van der Waals surface area contributed by atoms with Crippen LogP contribution in [0.15, 0.2) is 23.4 Å². The topological polar surface area (TPSA) is 61.8 Å². The van der Waals surface area contributed by atoms with Gasteiger partial charge in [0.15, 0.2) is 0 Å². The molecule has 0 amide bonds. The van der Waals surface area contributed by atoms with Gasteiger partial charge in [0.2, 0.25) is 0 Å². The minimum atomic E-state index is -0.160. The van der Waals surface area contributed by atoms with Gasteiger partial charge in [0.1, 0.15) is 5.84 Å². The molecule has 2 rings (SSSR count). The molecule has 1 aliphatic rings. The fourth-order valence-electron chi connectivity index (χ4n) is 2.79. The van der Waals surface area contributed by atoms with Crippen LogP contribution in [-0.2, 0) is 6.54 Å². The molecule has 1 aromatic carbocycles. The number of likely N-dealkylation sites (tertiary alicyclic amines) is 1. The normalized spacial score (nSPS) is 20.1. The number of benzene rings is 1. The molecule has 0 atom stereocenters. The molecular weight excluding hydrogens is 250 g/mol. The van der Waals surface area contributed by atoms with Crippen LogP contribution in [0.4, 0.5) is 0 Å². The summed E-state index contributed by atoms with van der Waals surface area (Å²) in [5.41, 5.74) is 9.70. The molecule has 1 fully saturated rings. The first-order valence-corrected chi connectivity index (χ1v) is 7.21. The summed E-state index contributed by atoms with van der Waals surface area (Å²) < 4.78 is 0. The molecule has 1 aliphatic heterocycles. The number of rotatable bonds is 3. The number of oxime groups is 1. The van der Waals surface area contributed by atoms with Crippen molar-refractivity contribution in [1.29, 1.82) is 0 Å². The highest BCUT2D eigenvalue weighted by Gasteiger charge is 2.34. The van der Waals surface area contributed by atoms with Crippen molar-refractivity contribution in [2.24, 2.45) is 16.3 Å². The minimum absolute atomic E-state index is 0.160. The lowest BCUT2D eigenvalue weighted by Crippen LogP contribution is -2.45. The standard InChI is InChI=1S/C16H25N3O/c1-12-4-5-13(2)14(10-12)11-19-8-6-16(3,7-9-19)15(17)18-20/h4-5,10,20H,6-9,11H2,1-3H3,(H2,17,18). The quantitative estimate of drug-likeness (QED) is 0.386. The molecule has 0 aromatic heterocycles. The number of hydrogen-bond acceptors (Lipinski definition) is 3. The van der Waals surface area contributed by atoms with Crippen LogP contribution in [0.1, 0.15) is 36.5 Å². The molecule has 3 N–H and O–H groups in total. The van der Waals surface area contributed by atoms with Crippen LogP contribution in [0.5, 0.6) is 0 Å². The van der Waals surface area contributed by atoms with Gasteiger partial charge in [0.25, 0.3) is 0 Å². The van der Waals surface area contributed by atoms with Crippen LogP contribution in [-0.4, -0.2) is 29.0 Å². The Morgan fingerprint density at radius 1 is 1.35 bits per heavy atom. The maximum atomic E-state index is 8.87. The highest BCUT2D eigenvalue weighted by atomic mass is 16.4. The van der Waals surface area contributed by atoms with Gasteiger partial charge < -0.3 is 10.9 Å². The minimum Gasteiger partial charge on any atom is -0.409 e. The molecule has 0 aliphatic carbocycles. The van der Waals surface area contributed by atoms with E-state index >= 15 is 0 Å². The van der Waals surface area contributed by atoms with E-state index in [1.54, 1.807) is 0 Å². The summed E-state index contributed by atoms with van der Waals surface area (Å²) in [5, 5.41) is 12.1. The van der Waals surface area contributed by atoms with E-state index in [9.17, 15) is 0 Å². The highest BCUT2D eigenvalue weighted by Crippen LogP contribution is 2.31. The second-order valence-corrected chi connectivity index (χ2v) is 6.25. The van der Waals surface area contributed by atoms with Crippen molar-refractivity contribution in [2.75, 3.05) is 13.1 Å². The average molecular weight is 275 g/mol. The number of nitrogens with two attached hydrogens (primary N) is 1. The molecule has 0 unspecified atom stereocenters. The van der Waals surface area contributed by atoms with E-state index < -0.39 is 0 Å². The van der Waals surface area contributed by atoms with Crippen molar-refractivity contribution in [3.63, 3.8) is 0 Å². The van der Waals surface area contributed by atoms with Crippen LogP contribution in [0.2, 0.25) is 0 Å². The molecule has 0 bridgehead atoms. The third-order valence-corrected chi connectivity index (χ3v) is 4.58. The second kappa shape index (κ2) is 5.83. The van der Waals surface area contributed by atoms with Gasteiger partial charge in [0, 0.05) is 12.0 Å². The van der Waals surface area contributed by atoms with Crippen molar-refractivity contribution in [3.8, 4) is 0 Å². The molecular formula is C16H25N3O. The zero-order valence-electron chi connectivity index (χ0n) is 12.7. The Morgan fingerprint density at radius 3 is 2.60 bits per heavy atom. The van der Waals surface area contributed by atoms with E-state index in [1.807, 2.05) is 0 Å². The van der Waals surface area contributed by atoms with E-state index in [0.29, 0.717) is 5.84 Å². The summed E-state index contributed by atoms with van der Waals surface area (Å²) in [6, 6.07) is 6.62. The summed E-state index contributed by atoms with van der Waals surface area (Å²) in [6.07, 6.45) is 1.88. The van der Waals surface area contributed by atoms with Gasteiger partial charge in [-0.25, -0.2) is 0 Å². The molecule has 4 heteroatoms. The zero-order chi connectivity index (χ0) is 14.8. The van der Waals surface area contributed by atoms with Gasteiger partial charge in [0.05, 0.1) is 0 Å². The molecule has 20 heavy (non-hydrogen) atoms. The van der Waals surface area contributed by atoms with Crippen LogP contribution < -0.4 is 5.73 Å². The van der Waals surface area contributed by atoms with E-state index in [1.165, 1.54) is 16.7 Å². The maximum absolute atomic E-state index is 8.87. The Morgan fingerprint density at radius 2 is 2.00 bits per heavy atom. The van der Waals surface area contributed by atoms with Crippen molar-refractivity contribution in [3.05, 3.63) is 34.9 Å². The maximum Gasteiger partial charge on any atom is 0.145 e.